The van der Waals surface area contributed by atoms with Crippen molar-refractivity contribution in [3.05, 3.63) is 64.8 Å². The summed E-state index contributed by atoms with van der Waals surface area (Å²) in [5, 5.41) is 2.39. The number of piperazine rings is 1. The zero-order chi connectivity index (χ0) is 18.5. The summed E-state index contributed by atoms with van der Waals surface area (Å²) in [5.74, 6) is -1.02. The van der Waals surface area contributed by atoms with Crippen LogP contribution in [0.4, 0.5) is 10.1 Å². The standard InChI is InChI=1S/C18H18FN3O3S/c19-15-4-6-16(7-5-15)21-8-10-22(11-9-21)26(25)17-3-1-2-14(12-17)13-18(23)20-24/h1-7,12H,8-11,13H2. The second-order valence-corrected chi connectivity index (χ2v) is 7.44. The molecule has 0 aliphatic carbocycles. The van der Waals surface area contributed by atoms with Crippen LogP contribution in [0.5, 0.6) is 0 Å². The molecule has 0 spiro atoms. The van der Waals surface area contributed by atoms with Crippen LogP contribution in [0.25, 0.3) is 0 Å². The molecule has 1 unspecified atom stereocenters. The van der Waals surface area contributed by atoms with Crippen molar-refractivity contribution in [1.29, 1.82) is 0 Å². The van der Waals surface area contributed by atoms with Crippen molar-refractivity contribution < 1.29 is 13.4 Å². The normalized spacial score (nSPS) is 16.3. The van der Waals surface area contributed by atoms with Gasteiger partial charge in [-0.25, -0.2) is 12.9 Å². The molecule has 1 fully saturated rings. The highest BCUT2D eigenvalue weighted by molar-refractivity contribution is 7.82. The molecule has 3 rings (SSSR count). The first kappa shape index (κ1) is 18.3. The van der Waals surface area contributed by atoms with Gasteiger partial charge in [0.25, 0.3) is 5.91 Å². The third kappa shape index (κ3) is 4.39. The molecule has 0 saturated carbocycles. The van der Waals surface area contributed by atoms with E-state index in [1.165, 1.54) is 12.1 Å². The van der Waals surface area contributed by atoms with Gasteiger partial charge in [0.05, 0.1) is 11.3 Å². The van der Waals surface area contributed by atoms with Crippen molar-refractivity contribution in [2.24, 2.45) is 5.18 Å². The van der Waals surface area contributed by atoms with Crippen LogP contribution >= 0.6 is 0 Å². The molecule has 1 aliphatic heterocycles. The van der Waals surface area contributed by atoms with Crippen molar-refractivity contribution in [2.45, 2.75) is 11.3 Å². The Balaban J connectivity index is 1.63. The molecule has 6 nitrogen and oxygen atoms in total. The Morgan fingerprint density at radius 3 is 2.42 bits per heavy atom. The van der Waals surface area contributed by atoms with E-state index in [0.29, 0.717) is 36.6 Å². The van der Waals surface area contributed by atoms with E-state index in [1.807, 2.05) is 4.31 Å². The molecule has 1 aliphatic rings. The molecule has 1 heterocycles. The fourth-order valence-corrected chi connectivity index (χ4v) is 4.12. The Morgan fingerprint density at radius 2 is 1.77 bits per heavy atom. The fraction of sp³-hybridized carbons (Fsp3) is 0.278. The maximum absolute atomic E-state index is 13.0. The van der Waals surface area contributed by atoms with Gasteiger partial charge >= 0.3 is 0 Å². The Morgan fingerprint density at radius 1 is 1.08 bits per heavy atom. The first-order valence-corrected chi connectivity index (χ1v) is 9.30. The molecule has 0 aromatic heterocycles. The summed E-state index contributed by atoms with van der Waals surface area (Å²) in [7, 11) is -1.35. The molecule has 8 heteroatoms. The summed E-state index contributed by atoms with van der Waals surface area (Å²) in [4.78, 5) is 24.1. The van der Waals surface area contributed by atoms with Crippen LogP contribution in [0.2, 0.25) is 0 Å². The van der Waals surface area contributed by atoms with Gasteiger partial charge in [0.2, 0.25) is 0 Å². The minimum absolute atomic E-state index is 0.0904. The van der Waals surface area contributed by atoms with Crippen LogP contribution in [-0.4, -0.2) is 40.6 Å². The zero-order valence-corrected chi connectivity index (χ0v) is 14.8. The van der Waals surface area contributed by atoms with Gasteiger partial charge in [0.1, 0.15) is 16.8 Å². The molecular formula is C18H18FN3O3S. The number of hydrogen-bond donors (Lipinski definition) is 0. The molecule has 1 saturated heterocycles. The number of nitrogens with zero attached hydrogens (tertiary/aromatic N) is 3. The molecule has 0 radical (unpaired) electrons. The zero-order valence-electron chi connectivity index (χ0n) is 14.0. The highest BCUT2D eigenvalue weighted by Crippen LogP contribution is 2.20. The number of nitroso groups, excluding NO2 is 1. The molecule has 1 atom stereocenters. The van der Waals surface area contributed by atoms with Crippen molar-refractivity contribution >= 4 is 22.6 Å². The Hall–Kier alpha value is -2.45. The lowest BCUT2D eigenvalue weighted by Crippen LogP contribution is -2.46. The number of halogens is 1. The summed E-state index contributed by atoms with van der Waals surface area (Å²) in [6, 6.07) is 13.2. The Labute approximate surface area is 153 Å². The minimum Gasteiger partial charge on any atom is -0.369 e. The molecule has 26 heavy (non-hydrogen) atoms. The van der Waals surface area contributed by atoms with E-state index < -0.39 is 16.9 Å². The Bertz CT molecular complexity index is 821. The molecule has 0 bridgehead atoms. The predicted molar refractivity (Wildman–Crippen MR) is 97.5 cm³/mol. The van der Waals surface area contributed by atoms with Gasteiger partial charge in [0.15, 0.2) is 0 Å². The van der Waals surface area contributed by atoms with E-state index in [1.54, 1.807) is 36.4 Å². The smallest absolute Gasteiger partial charge is 0.290 e. The largest absolute Gasteiger partial charge is 0.369 e. The summed E-state index contributed by atoms with van der Waals surface area (Å²) in [5.41, 5.74) is 1.56. The van der Waals surface area contributed by atoms with Gasteiger partial charge in [0, 0.05) is 37.0 Å². The van der Waals surface area contributed by atoms with Gasteiger partial charge in [-0.2, -0.15) is 0 Å². The van der Waals surface area contributed by atoms with E-state index in [-0.39, 0.29) is 12.2 Å². The maximum Gasteiger partial charge on any atom is 0.290 e. The highest BCUT2D eigenvalue weighted by atomic mass is 32.2. The van der Waals surface area contributed by atoms with Crippen LogP contribution in [0.15, 0.2) is 58.6 Å². The molecular weight excluding hydrogens is 357 g/mol. The van der Waals surface area contributed by atoms with Crippen LogP contribution in [-0.2, 0) is 22.2 Å². The molecule has 2 aromatic rings. The average molecular weight is 375 g/mol. The first-order chi connectivity index (χ1) is 12.6. The van der Waals surface area contributed by atoms with Crippen LogP contribution in [0.1, 0.15) is 5.56 Å². The highest BCUT2D eigenvalue weighted by Gasteiger charge is 2.22. The lowest BCUT2D eigenvalue weighted by atomic mass is 10.1. The maximum atomic E-state index is 13.0. The molecule has 2 aromatic carbocycles. The number of anilines is 1. The van der Waals surface area contributed by atoms with Crippen molar-refractivity contribution in [2.75, 3.05) is 31.1 Å². The van der Waals surface area contributed by atoms with E-state index in [9.17, 15) is 18.3 Å². The summed E-state index contributed by atoms with van der Waals surface area (Å²) >= 11 is 0. The topological polar surface area (TPSA) is 70.0 Å². The van der Waals surface area contributed by atoms with Crippen LogP contribution < -0.4 is 4.90 Å². The van der Waals surface area contributed by atoms with E-state index in [0.717, 1.165) is 5.69 Å². The van der Waals surface area contributed by atoms with Gasteiger partial charge in [-0.3, -0.25) is 4.79 Å². The van der Waals surface area contributed by atoms with Crippen molar-refractivity contribution in [3.8, 4) is 0 Å². The Kier molecular flexibility index (Phi) is 5.85. The van der Waals surface area contributed by atoms with E-state index >= 15 is 0 Å². The summed E-state index contributed by atoms with van der Waals surface area (Å²) in [6.45, 7) is 2.57. The lowest BCUT2D eigenvalue weighted by molar-refractivity contribution is -0.117. The number of benzene rings is 2. The average Bonchev–Trinajstić information content (AvgIpc) is 2.68. The third-order valence-corrected chi connectivity index (χ3v) is 5.71. The number of carbonyl (C=O) groups is 1. The summed E-state index contributed by atoms with van der Waals surface area (Å²) in [6.07, 6.45) is -0.0904. The summed E-state index contributed by atoms with van der Waals surface area (Å²) < 4.78 is 27.7. The van der Waals surface area contributed by atoms with Gasteiger partial charge < -0.3 is 4.90 Å². The molecule has 1 amide bonds. The predicted octanol–water partition coefficient (Wildman–Crippen LogP) is 2.51. The number of hydrogen-bond acceptors (Lipinski definition) is 4. The second-order valence-electron chi connectivity index (χ2n) is 5.95. The third-order valence-electron chi connectivity index (χ3n) is 4.22. The van der Waals surface area contributed by atoms with E-state index in [4.69, 9.17) is 0 Å². The van der Waals surface area contributed by atoms with Gasteiger partial charge in [-0.15, -0.1) is 4.91 Å². The van der Waals surface area contributed by atoms with Gasteiger partial charge in [-0.1, -0.05) is 12.1 Å². The first-order valence-electron chi connectivity index (χ1n) is 8.19. The quantitative estimate of drug-likeness (QED) is 0.753. The monoisotopic (exact) mass is 375 g/mol. The van der Waals surface area contributed by atoms with Crippen LogP contribution in [0, 0.1) is 10.7 Å². The number of amides is 1. The van der Waals surface area contributed by atoms with E-state index in [2.05, 4.69) is 10.1 Å². The number of carbonyl (C=O) groups excluding carboxylic acids is 1. The minimum atomic E-state index is -1.35. The molecule has 136 valence electrons. The van der Waals surface area contributed by atoms with Gasteiger partial charge in [-0.05, 0) is 42.0 Å². The fourth-order valence-electron chi connectivity index (χ4n) is 2.88. The lowest BCUT2D eigenvalue weighted by Gasteiger charge is -2.35. The number of rotatable bonds is 5. The van der Waals surface area contributed by atoms with Crippen LogP contribution in [0.3, 0.4) is 0 Å². The SMILES string of the molecule is O=NC(=O)Cc1cccc(S(=O)N2CCN(c3ccc(F)cc3)CC2)c1. The molecule has 0 N–H and O–H groups in total. The van der Waals surface area contributed by atoms with Crippen molar-refractivity contribution in [3.63, 3.8) is 0 Å². The second kappa shape index (κ2) is 8.29. The van der Waals surface area contributed by atoms with Crippen molar-refractivity contribution in [1.82, 2.24) is 4.31 Å².